The zero-order chi connectivity index (χ0) is 14.3. The first-order valence-electron chi connectivity index (χ1n) is 7.50. The molecule has 0 aliphatic carbocycles. The van der Waals surface area contributed by atoms with Gasteiger partial charge in [-0.2, -0.15) is 0 Å². The summed E-state index contributed by atoms with van der Waals surface area (Å²) in [4.78, 5) is 2.57. The highest BCUT2D eigenvalue weighted by molar-refractivity contribution is 5.27. The van der Waals surface area contributed by atoms with Gasteiger partial charge in [0, 0.05) is 19.1 Å². The molecule has 1 rings (SSSR count). The van der Waals surface area contributed by atoms with Crippen LogP contribution < -0.4 is 5.32 Å². The molecule has 0 spiro atoms. The van der Waals surface area contributed by atoms with Gasteiger partial charge in [-0.25, -0.2) is 0 Å². The van der Waals surface area contributed by atoms with E-state index in [1.165, 1.54) is 11.1 Å². The fraction of sp³-hybridized carbons (Fsp3) is 0.647. The van der Waals surface area contributed by atoms with Crippen molar-refractivity contribution in [2.24, 2.45) is 5.92 Å². The van der Waals surface area contributed by atoms with Crippen molar-refractivity contribution in [2.45, 2.75) is 46.7 Å². The lowest BCUT2D eigenvalue weighted by Crippen LogP contribution is -2.34. The Morgan fingerprint density at radius 3 is 2.21 bits per heavy atom. The SMILES string of the molecule is CNCCc1ccccc1CN(CC(C)C)C(C)C. The van der Waals surface area contributed by atoms with Crippen LogP contribution in [0.5, 0.6) is 0 Å². The van der Waals surface area contributed by atoms with Gasteiger partial charge in [0.25, 0.3) is 0 Å². The molecule has 0 heterocycles. The van der Waals surface area contributed by atoms with Crippen molar-refractivity contribution in [1.29, 1.82) is 0 Å². The molecular weight excluding hydrogens is 232 g/mol. The molecule has 0 saturated carbocycles. The maximum absolute atomic E-state index is 3.24. The van der Waals surface area contributed by atoms with E-state index in [0.29, 0.717) is 12.0 Å². The molecule has 2 nitrogen and oxygen atoms in total. The van der Waals surface area contributed by atoms with E-state index < -0.39 is 0 Å². The van der Waals surface area contributed by atoms with Crippen molar-refractivity contribution in [2.75, 3.05) is 20.1 Å². The predicted octanol–water partition coefficient (Wildman–Crippen LogP) is 3.31. The summed E-state index contributed by atoms with van der Waals surface area (Å²) in [6, 6.07) is 9.45. The molecule has 1 aromatic rings. The summed E-state index contributed by atoms with van der Waals surface area (Å²) in [5, 5.41) is 3.24. The lowest BCUT2D eigenvalue weighted by atomic mass is 10.0. The molecule has 108 valence electrons. The highest BCUT2D eigenvalue weighted by Crippen LogP contribution is 2.15. The number of nitrogens with one attached hydrogen (secondary N) is 1. The molecule has 0 radical (unpaired) electrons. The van der Waals surface area contributed by atoms with E-state index >= 15 is 0 Å². The predicted molar refractivity (Wildman–Crippen MR) is 84.5 cm³/mol. The first-order chi connectivity index (χ1) is 9.04. The van der Waals surface area contributed by atoms with Crippen LogP contribution in [0.25, 0.3) is 0 Å². The molecule has 0 saturated heterocycles. The summed E-state index contributed by atoms with van der Waals surface area (Å²) >= 11 is 0. The summed E-state index contributed by atoms with van der Waals surface area (Å²) < 4.78 is 0. The van der Waals surface area contributed by atoms with Gasteiger partial charge >= 0.3 is 0 Å². The Balaban J connectivity index is 2.77. The maximum atomic E-state index is 3.24. The summed E-state index contributed by atoms with van der Waals surface area (Å²) in [5.74, 6) is 0.715. The lowest BCUT2D eigenvalue weighted by Gasteiger charge is -2.29. The minimum atomic E-state index is 0.597. The first-order valence-corrected chi connectivity index (χ1v) is 7.50. The molecule has 19 heavy (non-hydrogen) atoms. The summed E-state index contributed by atoms with van der Waals surface area (Å²) in [6.07, 6.45) is 1.11. The molecule has 0 aromatic heterocycles. The zero-order valence-electron chi connectivity index (χ0n) is 13.2. The zero-order valence-corrected chi connectivity index (χ0v) is 13.2. The number of nitrogens with zero attached hydrogens (tertiary/aromatic N) is 1. The monoisotopic (exact) mass is 262 g/mol. The molecule has 0 fully saturated rings. The molecule has 1 N–H and O–H groups in total. The number of hydrogen-bond donors (Lipinski definition) is 1. The number of benzene rings is 1. The molecule has 0 aliphatic rings. The van der Waals surface area contributed by atoms with Crippen molar-refractivity contribution in [1.82, 2.24) is 10.2 Å². The van der Waals surface area contributed by atoms with Crippen molar-refractivity contribution in [3.05, 3.63) is 35.4 Å². The molecule has 2 heteroatoms. The van der Waals surface area contributed by atoms with Crippen LogP contribution >= 0.6 is 0 Å². The van der Waals surface area contributed by atoms with Gasteiger partial charge in [-0.05, 0) is 50.9 Å². The van der Waals surface area contributed by atoms with E-state index in [0.717, 1.165) is 26.1 Å². The number of hydrogen-bond acceptors (Lipinski definition) is 2. The Hall–Kier alpha value is -0.860. The molecule has 0 bridgehead atoms. The molecule has 0 aliphatic heterocycles. The van der Waals surface area contributed by atoms with Crippen LogP contribution in [-0.4, -0.2) is 31.1 Å². The van der Waals surface area contributed by atoms with E-state index in [4.69, 9.17) is 0 Å². The van der Waals surface area contributed by atoms with Gasteiger partial charge in [0.05, 0.1) is 0 Å². The van der Waals surface area contributed by atoms with E-state index in [2.05, 4.69) is 62.2 Å². The van der Waals surface area contributed by atoms with Crippen molar-refractivity contribution < 1.29 is 0 Å². The van der Waals surface area contributed by atoms with Gasteiger partial charge in [0.15, 0.2) is 0 Å². The number of rotatable bonds is 8. The van der Waals surface area contributed by atoms with Crippen molar-refractivity contribution in [3.63, 3.8) is 0 Å². The molecule has 0 amide bonds. The van der Waals surface area contributed by atoms with Gasteiger partial charge in [-0.15, -0.1) is 0 Å². The summed E-state index contributed by atoms with van der Waals surface area (Å²) in [6.45, 7) is 12.4. The smallest absolute Gasteiger partial charge is 0.0239 e. The van der Waals surface area contributed by atoms with Crippen molar-refractivity contribution in [3.8, 4) is 0 Å². The molecular formula is C17H30N2. The second-order valence-electron chi connectivity index (χ2n) is 6.04. The van der Waals surface area contributed by atoms with Gasteiger partial charge in [0.1, 0.15) is 0 Å². The van der Waals surface area contributed by atoms with Crippen LogP contribution in [0.1, 0.15) is 38.8 Å². The third-order valence-electron chi connectivity index (χ3n) is 3.47. The molecule has 0 unspecified atom stereocenters. The quantitative estimate of drug-likeness (QED) is 0.773. The average Bonchev–Trinajstić information content (AvgIpc) is 2.36. The Labute approximate surface area is 119 Å². The van der Waals surface area contributed by atoms with Crippen molar-refractivity contribution >= 4 is 0 Å². The third-order valence-corrected chi connectivity index (χ3v) is 3.47. The van der Waals surface area contributed by atoms with Crippen LogP contribution in [-0.2, 0) is 13.0 Å². The van der Waals surface area contributed by atoms with E-state index in [-0.39, 0.29) is 0 Å². The lowest BCUT2D eigenvalue weighted by molar-refractivity contribution is 0.188. The fourth-order valence-electron chi connectivity index (χ4n) is 2.36. The Kier molecular flexibility index (Phi) is 7.11. The highest BCUT2D eigenvalue weighted by Gasteiger charge is 2.13. The van der Waals surface area contributed by atoms with E-state index in [1.807, 2.05) is 7.05 Å². The Morgan fingerprint density at radius 2 is 1.68 bits per heavy atom. The van der Waals surface area contributed by atoms with E-state index in [1.54, 1.807) is 0 Å². The van der Waals surface area contributed by atoms with Crippen LogP contribution in [0.3, 0.4) is 0 Å². The number of likely N-dealkylation sites (N-methyl/N-ethyl adjacent to an activating group) is 1. The standard InChI is InChI=1S/C17H30N2/c1-14(2)12-19(15(3)4)13-17-9-7-6-8-16(17)10-11-18-5/h6-9,14-15,18H,10-13H2,1-5H3. The summed E-state index contributed by atoms with van der Waals surface area (Å²) in [7, 11) is 2.02. The van der Waals surface area contributed by atoms with Crippen LogP contribution in [0.4, 0.5) is 0 Å². The second kappa shape index (κ2) is 8.34. The topological polar surface area (TPSA) is 15.3 Å². The van der Waals surface area contributed by atoms with Gasteiger partial charge < -0.3 is 5.32 Å². The average molecular weight is 262 g/mol. The highest BCUT2D eigenvalue weighted by atomic mass is 15.1. The van der Waals surface area contributed by atoms with Gasteiger partial charge in [-0.1, -0.05) is 38.1 Å². The Morgan fingerprint density at radius 1 is 1.05 bits per heavy atom. The van der Waals surface area contributed by atoms with Gasteiger partial charge in [-0.3, -0.25) is 4.90 Å². The van der Waals surface area contributed by atoms with Gasteiger partial charge in [0.2, 0.25) is 0 Å². The minimum absolute atomic E-state index is 0.597. The Bertz CT molecular complexity index is 358. The molecule has 1 aromatic carbocycles. The van der Waals surface area contributed by atoms with Crippen LogP contribution in [0.2, 0.25) is 0 Å². The summed E-state index contributed by atoms with van der Waals surface area (Å²) in [5.41, 5.74) is 2.96. The third kappa shape index (κ3) is 5.75. The normalized spacial score (nSPS) is 11.8. The minimum Gasteiger partial charge on any atom is -0.319 e. The van der Waals surface area contributed by atoms with Crippen LogP contribution in [0, 0.1) is 5.92 Å². The maximum Gasteiger partial charge on any atom is 0.0239 e. The largest absolute Gasteiger partial charge is 0.319 e. The first kappa shape index (κ1) is 16.2. The van der Waals surface area contributed by atoms with E-state index in [9.17, 15) is 0 Å². The molecule has 0 atom stereocenters. The second-order valence-corrected chi connectivity index (χ2v) is 6.04. The fourth-order valence-corrected chi connectivity index (χ4v) is 2.36. The van der Waals surface area contributed by atoms with Crippen LogP contribution in [0.15, 0.2) is 24.3 Å².